The van der Waals surface area contributed by atoms with Gasteiger partial charge in [0.25, 0.3) is 5.91 Å². The van der Waals surface area contributed by atoms with E-state index >= 15 is 0 Å². The molecule has 2 N–H and O–H groups in total. The first-order chi connectivity index (χ1) is 12.2. The first-order valence-electron chi connectivity index (χ1n) is 7.76. The number of anilines is 1. The molecule has 0 bridgehead atoms. The van der Waals surface area contributed by atoms with Crippen molar-refractivity contribution in [2.75, 3.05) is 18.4 Å². The van der Waals surface area contributed by atoms with Gasteiger partial charge in [0.1, 0.15) is 17.3 Å². The number of nitrogens with one attached hydrogen (secondary N) is 2. The van der Waals surface area contributed by atoms with Gasteiger partial charge in [-0.3, -0.25) is 4.79 Å². The fourth-order valence-corrected chi connectivity index (χ4v) is 2.11. The fourth-order valence-electron chi connectivity index (χ4n) is 1.93. The molecule has 10 heteroatoms. The standard InChI is InChI=1S/C16H17ClF3N5O/c1-9(2)14-24-8-11(17)13(25-14)15(26)22-6-5-21-12-4-3-10(7-23-12)16(18,19)20/h3-4,7-9H,5-6H2,1-2H3,(H,21,23)(H,22,26). The lowest BCUT2D eigenvalue weighted by Crippen LogP contribution is -2.30. The lowest BCUT2D eigenvalue weighted by atomic mass is 10.2. The smallest absolute Gasteiger partial charge is 0.368 e. The Kier molecular flexibility index (Phi) is 6.36. The van der Waals surface area contributed by atoms with Gasteiger partial charge in [-0.05, 0) is 12.1 Å². The Morgan fingerprint density at radius 2 is 1.92 bits per heavy atom. The molecule has 0 radical (unpaired) electrons. The maximum Gasteiger partial charge on any atom is 0.417 e. The molecule has 0 saturated carbocycles. The van der Waals surface area contributed by atoms with Crippen LogP contribution in [-0.2, 0) is 6.18 Å². The maximum absolute atomic E-state index is 12.5. The van der Waals surface area contributed by atoms with Crippen molar-refractivity contribution in [3.8, 4) is 0 Å². The summed E-state index contributed by atoms with van der Waals surface area (Å²) >= 11 is 5.95. The minimum atomic E-state index is -4.43. The summed E-state index contributed by atoms with van der Waals surface area (Å²) in [5.74, 6) is 0.369. The Hall–Kier alpha value is -2.42. The molecule has 0 aliphatic rings. The zero-order valence-corrected chi connectivity index (χ0v) is 14.8. The summed E-state index contributed by atoms with van der Waals surface area (Å²) in [7, 11) is 0. The fraction of sp³-hybridized carbons (Fsp3) is 0.375. The molecule has 6 nitrogen and oxygen atoms in total. The number of nitrogens with zero attached hydrogens (tertiary/aromatic N) is 3. The third-order valence-corrected chi connectivity index (χ3v) is 3.58. The molecular formula is C16H17ClF3N5O. The van der Waals surface area contributed by atoms with E-state index in [1.54, 1.807) is 0 Å². The second-order valence-corrected chi connectivity index (χ2v) is 6.10. The number of carbonyl (C=O) groups is 1. The number of carbonyl (C=O) groups excluding carboxylic acids is 1. The summed E-state index contributed by atoms with van der Waals surface area (Å²) in [4.78, 5) is 24.0. The van der Waals surface area contributed by atoms with E-state index in [1.165, 1.54) is 12.3 Å². The molecular weight excluding hydrogens is 371 g/mol. The molecule has 0 aromatic carbocycles. The summed E-state index contributed by atoms with van der Waals surface area (Å²) in [5, 5.41) is 5.59. The molecule has 1 amide bonds. The highest BCUT2D eigenvalue weighted by atomic mass is 35.5. The Bertz CT molecular complexity index is 765. The number of rotatable bonds is 6. The van der Waals surface area contributed by atoms with Gasteiger partial charge in [0.15, 0.2) is 0 Å². The minimum absolute atomic E-state index is 0.0474. The molecule has 140 valence electrons. The predicted molar refractivity (Wildman–Crippen MR) is 91.2 cm³/mol. The molecule has 26 heavy (non-hydrogen) atoms. The van der Waals surface area contributed by atoms with Crippen molar-refractivity contribution in [2.45, 2.75) is 25.9 Å². The van der Waals surface area contributed by atoms with Crippen molar-refractivity contribution < 1.29 is 18.0 Å². The average molecular weight is 388 g/mol. The van der Waals surface area contributed by atoms with Gasteiger partial charge in [-0.2, -0.15) is 13.2 Å². The van der Waals surface area contributed by atoms with E-state index in [1.807, 2.05) is 13.8 Å². The minimum Gasteiger partial charge on any atom is -0.368 e. The molecule has 2 heterocycles. The molecule has 0 saturated heterocycles. The Morgan fingerprint density at radius 1 is 1.19 bits per heavy atom. The number of pyridine rings is 1. The molecule has 0 atom stereocenters. The van der Waals surface area contributed by atoms with E-state index in [0.29, 0.717) is 5.82 Å². The van der Waals surface area contributed by atoms with Crippen molar-refractivity contribution in [1.82, 2.24) is 20.3 Å². The zero-order chi connectivity index (χ0) is 19.3. The third kappa shape index (κ3) is 5.29. The highest BCUT2D eigenvalue weighted by Crippen LogP contribution is 2.28. The number of alkyl halides is 3. The molecule has 0 spiro atoms. The largest absolute Gasteiger partial charge is 0.417 e. The third-order valence-electron chi connectivity index (χ3n) is 3.30. The molecule has 2 aromatic rings. The Balaban J connectivity index is 1.86. The van der Waals surface area contributed by atoms with Crippen LogP contribution in [-0.4, -0.2) is 33.9 Å². The van der Waals surface area contributed by atoms with E-state index in [2.05, 4.69) is 25.6 Å². The number of aromatic nitrogens is 3. The van der Waals surface area contributed by atoms with Gasteiger partial charge in [-0.15, -0.1) is 0 Å². The summed E-state index contributed by atoms with van der Waals surface area (Å²) in [6.07, 6.45) is -2.30. The van der Waals surface area contributed by atoms with Crippen LogP contribution in [0.4, 0.5) is 19.0 Å². The zero-order valence-electron chi connectivity index (χ0n) is 14.1. The van der Waals surface area contributed by atoms with Crippen LogP contribution in [0.3, 0.4) is 0 Å². The average Bonchev–Trinajstić information content (AvgIpc) is 2.58. The highest BCUT2D eigenvalue weighted by Gasteiger charge is 2.30. The topological polar surface area (TPSA) is 79.8 Å². The quantitative estimate of drug-likeness (QED) is 0.741. The first-order valence-corrected chi connectivity index (χ1v) is 8.14. The van der Waals surface area contributed by atoms with Gasteiger partial charge in [-0.25, -0.2) is 15.0 Å². The van der Waals surface area contributed by atoms with Crippen molar-refractivity contribution in [1.29, 1.82) is 0 Å². The Labute approximate surface area is 153 Å². The number of hydrogen-bond donors (Lipinski definition) is 2. The molecule has 0 aliphatic heterocycles. The van der Waals surface area contributed by atoms with Crippen LogP contribution in [0.2, 0.25) is 5.02 Å². The van der Waals surface area contributed by atoms with Crippen LogP contribution in [0, 0.1) is 0 Å². The van der Waals surface area contributed by atoms with Crippen LogP contribution in [0.15, 0.2) is 24.5 Å². The summed E-state index contributed by atoms with van der Waals surface area (Å²) in [5.41, 5.74) is -0.742. The van der Waals surface area contributed by atoms with E-state index in [9.17, 15) is 18.0 Å². The molecule has 2 aromatic heterocycles. The van der Waals surface area contributed by atoms with Crippen LogP contribution in [0.25, 0.3) is 0 Å². The SMILES string of the molecule is CC(C)c1ncc(Cl)c(C(=O)NCCNc2ccc(C(F)(F)F)cn2)n1. The van der Waals surface area contributed by atoms with Crippen LogP contribution < -0.4 is 10.6 Å². The van der Waals surface area contributed by atoms with Crippen molar-refractivity contribution in [3.63, 3.8) is 0 Å². The predicted octanol–water partition coefficient (Wildman–Crippen LogP) is 3.51. The second kappa shape index (κ2) is 8.31. The monoisotopic (exact) mass is 387 g/mol. The second-order valence-electron chi connectivity index (χ2n) is 5.69. The number of halogens is 4. The maximum atomic E-state index is 12.5. The van der Waals surface area contributed by atoms with E-state index < -0.39 is 17.6 Å². The van der Waals surface area contributed by atoms with Gasteiger partial charge in [0.2, 0.25) is 0 Å². The Morgan fingerprint density at radius 3 is 2.50 bits per heavy atom. The molecule has 2 rings (SSSR count). The summed E-state index contributed by atoms with van der Waals surface area (Å²) < 4.78 is 37.4. The van der Waals surface area contributed by atoms with Gasteiger partial charge in [0, 0.05) is 25.2 Å². The van der Waals surface area contributed by atoms with E-state index in [0.717, 1.165) is 12.3 Å². The normalized spacial score (nSPS) is 11.5. The van der Waals surface area contributed by atoms with Crippen molar-refractivity contribution in [2.24, 2.45) is 0 Å². The van der Waals surface area contributed by atoms with Crippen LogP contribution >= 0.6 is 11.6 Å². The molecule has 0 fully saturated rings. The van der Waals surface area contributed by atoms with Crippen LogP contribution in [0.1, 0.15) is 41.6 Å². The van der Waals surface area contributed by atoms with Gasteiger partial charge in [0.05, 0.1) is 16.8 Å². The van der Waals surface area contributed by atoms with Gasteiger partial charge < -0.3 is 10.6 Å². The lowest BCUT2D eigenvalue weighted by molar-refractivity contribution is -0.137. The van der Waals surface area contributed by atoms with Gasteiger partial charge >= 0.3 is 6.18 Å². The summed E-state index contributed by atoms with van der Waals surface area (Å²) in [6, 6.07) is 2.16. The lowest BCUT2D eigenvalue weighted by Gasteiger charge is -2.10. The number of amides is 1. The summed E-state index contributed by atoms with van der Waals surface area (Å²) in [6.45, 7) is 4.26. The van der Waals surface area contributed by atoms with Crippen LogP contribution in [0.5, 0.6) is 0 Å². The van der Waals surface area contributed by atoms with Crippen molar-refractivity contribution in [3.05, 3.63) is 46.6 Å². The highest BCUT2D eigenvalue weighted by molar-refractivity contribution is 6.33. The first kappa shape index (κ1) is 19.9. The molecule has 0 aliphatic carbocycles. The molecule has 0 unspecified atom stereocenters. The van der Waals surface area contributed by atoms with Crippen molar-refractivity contribution >= 4 is 23.3 Å². The van der Waals surface area contributed by atoms with E-state index in [-0.39, 0.29) is 35.5 Å². The number of hydrogen-bond acceptors (Lipinski definition) is 5. The van der Waals surface area contributed by atoms with Gasteiger partial charge in [-0.1, -0.05) is 25.4 Å². The van der Waals surface area contributed by atoms with E-state index in [4.69, 9.17) is 11.6 Å².